The lowest BCUT2D eigenvalue weighted by atomic mass is 10.2. The number of halogens is 1. The first kappa shape index (κ1) is 10.9. The predicted octanol–water partition coefficient (Wildman–Crippen LogP) is 2.02. The van der Waals surface area contributed by atoms with Gasteiger partial charge in [-0.15, -0.1) is 0 Å². The fourth-order valence-corrected chi connectivity index (χ4v) is 1.31. The van der Waals surface area contributed by atoms with Crippen LogP contribution in [0.5, 0.6) is 0 Å². The number of rotatable bonds is 4. The van der Waals surface area contributed by atoms with Crippen molar-refractivity contribution in [2.75, 3.05) is 5.32 Å². The molecular formula is C10H13ClN2O. The van der Waals surface area contributed by atoms with E-state index in [0.29, 0.717) is 11.4 Å². The number of anilines is 1. The molecule has 0 spiro atoms. The van der Waals surface area contributed by atoms with E-state index in [9.17, 15) is 4.79 Å². The van der Waals surface area contributed by atoms with Crippen LogP contribution in [0.1, 0.15) is 13.3 Å². The fourth-order valence-electron chi connectivity index (χ4n) is 1.18. The summed E-state index contributed by atoms with van der Waals surface area (Å²) in [6.07, 6.45) is 0.322. The molecule has 0 aliphatic carbocycles. The van der Waals surface area contributed by atoms with E-state index in [1.807, 2.05) is 19.1 Å². The summed E-state index contributed by atoms with van der Waals surface area (Å²) in [6, 6.07) is 7.34. The summed E-state index contributed by atoms with van der Waals surface area (Å²) < 4.78 is 0. The molecule has 3 nitrogen and oxygen atoms in total. The first-order valence-corrected chi connectivity index (χ1v) is 4.76. The maximum Gasteiger partial charge on any atom is 0.219 e. The molecule has 1 amide bonds. The Bertz CT molecular complexity index is 310. The maximum absolute atomic E-state index is 10.6. The van der Waals surface area contributed by atoms with E-state index in [1.54, 1.807) is 12.1 Å². The van der Waals surface area contributed by atoms with E-state index in [1.165, 1.54) is 0 Å². The number of hydrogen-bond donors (Lipinski definition) is 2. The lowest BCUT2D eigenvalue weighted by Crippen LogP contribution is -2.23. The first-order valence-electron chi connectivity index (χ1n) is 4.38. The van der Waals surface area contributed by atoms with Gasteiger partial charge in [-0.05, 0) is 31.2 Å². The van der Waals surface area contributed by atoms with Crippen LogP contribution in [0.4, 0.5) is 5.69 Å². The number of primary amides is 1. The quantitative estimate of drug-likeness (QED) is 0.802. The molecule has 0 aliphatic rings. The molecule has 4 heteroatoms. The second kappa shape index (κ2) is 4.86. The summed E-state index contributed by atoms with van der Waals surface area (Å²) in [7, 11) is 0. The Hall–Kier alpha value is -1.22. The third-order valence-electron chi connectivity index (χ3n) is 1.76. The molecule has 0 bridgehead atoms. The van der Waals surface area contributed by atoms with Crippen molar-refractivity contribution in [1.82, 2.24) is 0 Å². The molecular weight excluding hydrogens is 200 g/mol. The average molecular weight is 213 g/mol. The van der Waals surface area contributed by atoms with Crippen LogP contribution < -0.4 is 11.1 Å². The van der Waals surface area contributed by atoms with E-state index in [-0.39, 0.29) is 11.9 Å². The van der Waals surface area contributed by atoms with Gasteiger partial charge in [0.25, 0.3) is 0 Å². The summed E-state index contributed by atoms with van der Waals surface area (Å²) in [6.45, 7) is 1.90. The van der Waals surface area contributed by atoms with Gasteiger partial charge in [0.15, 0.2) is 0 Å². The van der Waals surface area contributed by atoms with Gasteiger partial charge >= 0.3 is 0 Å². The van der Waals surface area contributed by atoms with Gasteiger partial charge in [0.2, 0.25) is 5.91 Å². The van der Waals surface area contributed by atoms with Crippen molar-refractivity contribution in [2.24, 2.45) is 5.73 Å². The summed E-state index contributed by atoms with van der Waals surface area (Å²) in [4.78, 5) is 10.6. The van der Waals surface area contributed by atoms with Crippen LogP contribution in [0.15, 0.2) is 24.3 Å². The molecule has 1 rings (SSSR count). The van der Waals surface area contributed by atoms with Gasteiger partial charge in [-0.3, -0.25) is 4.79 Å². The number of carbonyl (C=O) groups excluding carboxylic acids is 1. The lowest BCUT2D eigenvalue weighted by molar-refractivity contribution is -0.118. The zero-order chi connectivity index (χ0) is 10.6. The minimum atomic E-state index is -0.307. The van der Waals surface area contributed by atoms with Gasteiger partial charge in [-0.1, -0.05) is 11.6 Å². The van der Waals surface area contributed by atoms with Gasteiger partial charge in [0.05, 0.1) is 0 Å². The molecule has 14 heavy (non-hydrogen) atoms. The zero-order valence-electron chi connectivity index (χ0n) is 7.96. The number of hydrogen-bond acceptors (Lipinski definition) is 2. The highest BCUT2D eigenvalue weighted by molar-refractivity contribution is 6.30. The molecule has 3 N–H and O–H groups in total. The van der Waals surface area contributed by atoms with Crippen LogP contribution in [0.2, 0.25) is 5.02 Å². The van der Waals surface area contributed by atoms with Crippen LogP contribution in [0.25, 0.3) is 0 Å². The Balaban J connectivity index is 2.51. The highest BCUT2D eigenvalue weighted by Gasteiger charge is 2.04. The largest absolute Gasteiger partial charge is 0.382 e. The van der Waals surface area contributed by atoms with Gasteiger partial charge in [0, 0.05) is 23.2 Å². The first-order chi connectivity index (χ1) is 6.58. The molecule has 1 unspecified atom stereocenters. The second-order valence-electron chi connectivity index (χ2n) is 3.22. The Morgan fingerprint density at radius 2 is 2.07 bits per heavy atom. The predicted molar refractivity (Wildman–Crippen MR) is 58.3 cm³/mol. The fraction of sp³-hybridized carbons (Fsp3) is 0.300. The standard InChI is InChI=1S/C10H13ClN2O/c1-7(6-10(12)14)13-9-4-2-8(11)3-5-9/h2-5,7,13H,6H2,1H3,(H2,12,14). The van der Waals surface area contributed by atoms with E-state index >= 15 is 0 Å². The van der Waals surface area contributed by atoms with Crippen LogP contribution in [-0.4, -0.2) is 11.9 Å². The molecule has 0 aliphatic heterocycles. The lowest BCUT2D eigenvalue weighted by Gasteiger charge is -2.13. The molecule has 0 aromatic heterocycles. The van der Waals surface area contributed by atoms with Crippen molar-refractivity contribution < 1.29 is 4.79 Å². The van der Waals surface area contributed by atoms with Crippen molar-refractivity contribution in [1.29, 1.82) is 0 Å². The van der Waals surface area contributed by atoms with E-state index in [4.69, 9.17) is 17.3 Å². The van der Waals surface area contributed by atoms with Gasteiger partial charge in [-0.25, -0.2) is 0 Å². The molecule has 1 aromatic carbocycles. The van der Waals surface area contributed by atoms with Gasteiger partial charge in [0.1, 0.15) is 0 Å². The van der Waals surface area contributed by atoms with Gasteiger partial charge < -0.3 is 11.1 Å². The normalized spacial score (nSPS) is 12.1. The van der Waals surface area contributed by atoms with Crippen molar-refractivity contribution in [3.8, 4) is 0 Å². The molecule has 0 saturated carbocycles. The average Bonchev–Trinajstić information content (AvgIpc) is 2.07. The summed E-state index contributed by atoms with van der Waals surface area (Å²) >= 11 is 5.73. The van der Waals surface area contributed by atoms with E-state index in [0.717, 1.165) is 5.69 Å². The monoisotopic (exact) mass is 212 g/mol. The molecule has 0 heterocycles. The highest BCUT2D eigenvalue weighted by Crippen LogP contribution is 2.14. The molecule has 1 aromatic rings. The van der Waals surface area contributed by atoms with E-state index in [2.05, 4.69) is 5.32 Å². The number of carbonyl (C=O) groups is 1. The smallest absolute Gasteiger partial charge is 0.219 e. The Morgan fingerprint density at radius 1 is 1.50 bits per heavy atom. The highest BCUT2D eigenvalue weighted by atomic mass is 35.5. The molecule has 0 saturated heterocycles. The maximum atomic E-state index is 10.6. The van der Waals surface area contributed by atoms with Crippen LogP contribution in [0.3, 0.4) is 0 Å². The number of nitrogens with two attached hydrogens (primary N) is 1. The molecule has 1 atom stereocenters. The minimum Gasteiger partial charge on any atom is -0.382 e. The Labute approximate surface area is 88.2 Å². The van der Waals surface area contributed by atoms with Crippen LogP contribution >= 0.6 is 11.6 Å². The third-order valence-corrected chi connectivity index (χ3v) is 2.02. The molecule has 76 valence electrons. The van der Waals surface area contributed by atoms with Crippen LogP contribution in [0, 0.1) is 0 Å². The second-order valence-corrected chi connectivity index (χ2v) is 3.66. The number of amides is 1. The van der Waals surface area contributed by atoms with Crippen molar-refractivity contribution in [2.45, 2.75) is 19.4 Å². The minimum absolute atomic E-state index is 0.0358. The Kier molecular flexibility index (Phi) is 3.77. The van der Waals surface area contributed by atoms with Crippen LogP contribution in [-0.2, 0) is 4.79 Å². The van der Waals surface area contributed by atoms with Crippen molar-refractivity contribution >= 4 is 23.2 Å². The topological polar surface area (TPSA) is 55.1 Å². The Morgan fingerprint density at radius 3 is 2.57 bits per heavy atom. The van der Waals surface area contributed by atoms with Crippen molar-refractivity contribution in [3.63, 3.8) is 0 Å². The number of nitrogens with one attached hydrogen (secondary N) is 1. The van der Waals surface area contributed by atoms with Gasteiger partial charge in [-0.2, -0.15) is 0 Å². The molecule has 0 radical (unpaired) electrons. The van der Waals surface area contributed by atoms with Crippen molar-refractivity contribution in [3.05, 3.63) is 29.3 Å². The summed E-state index contributed by atoms with van der Waals surface area (Å²) in [5.41, 5.74) is 6.00. The molecule has 0 fully saturated rings. The SMILES string of the molecule is CC(CC(N)=O)Nc1ccc(Cl)cc1. The zero-order valence-corrected chi connectivity index (χ0v) is 8.71. The number of benzene rings is 1. The third kappa shape index (κ3) is 3.66. The summed E-state index contributed by atoms with van der Waals surface area (Å²) in [5, 5.41) is 3.83. The van der Waals surface area contributed by atoms with E-state index < -0.39 is 0 Å². The summed E-state index contributed by atoms with van der Waals surface area (Å²) in [5.74, 6) is -0.307.